The molecule has 0 fully saturated rings. The van der Waals surface area contributed by atoms with Gasteiger partial charge in [0.15, 0.2) is 0 Å². The molecular weight excluding hydrogens is 482 g/mol. The zero-order valence-corrected chi connectivity index (χ0v) is 20.8. The smallest absolute Gasteiger partial charge is 0.283 e. The Kier molecular flexibility index (Phi) is 6.87. The zero-order valence-electron chi connectivity index (χ0n) is 20.0. The van der Waals surface area contributed by atoms with Crippen molar-refractivity contribution in [1.29, 1.82) is 0 Å². The maximum absolute atomic E-state index is 13.5. The highest BCUT2D eigenvalue weighted by atomic mass is 32.2. The summed E-state index contributed by atoms with van der Waals surface area (Å²) in [6, 6.07) is 32.6. The van der Waals surface area contributed by atoms with Gasteiger partial charge in [-0.3, -0.25) is 14.4 Å². The van der Waals surface area contributed by atoms with Crippen molar-refractivity contribution < 1.29 is 14.4 Å². The molecule has 0 radical (unpaired) electrons. The van der Waals surface area contributed by atoms with Gasteiger partial charge >= 0.3 is 0 Å². The third-order valence-corrected chi connectivity index (χ3v) is 6.80. The quantitative estimate of drug-likeness (QED) is 0.291. The first-order chi connectivity index (χ1) is 18.0. The van der Waals surface area contributed by atoms with Crippen LogP contribution in [0.15, 0.2) is 125 Å². The number of aryl methyl sites for hydroxylation is 1. The second-order valence-electron chi connectivity index (χ2n) is 8.43. The Balaban J connectivity index is 1.44. The molecule has 182 valence electrons. The van der Waals surface area contributed by atoms with Crippen molar-refractivity contribution in [3.05, 3.63) is 131 Å². The largest absolute Gasteiger partial charge is 0.350 e. The van der Waals surface area contributed by atoms with Crippen molar-refractivity contribution in [3.63, 3.8) is 0 Å². The fourth-order valence-corrected chi connectivity index (χ4v) is 4.84. The van der Waals surface area contributed by atoms with Crippen LogP contribution in [0.4, 0.5) is 17.1 Å². The van der Waals surface area contributed by atoms with Crippen LogP contribution in [0.1, 0.15) is 15.9 Å². The summed E-state index contributed by atoms with van der Waals surface area (Å²) in [5.74, 6) is -1.06. The van der Waals surface area contributed by atoms with Crippen molar-refractivity contribution in [2.24, 2.45) is 0 Å². The molecule has 2 N–H and O–H groups in total. The number of anilines is 3. The van der Waals surface area contributed by atoms with Crippen LogP contribution in [-0.4, -0.2) is 17.7 Å². The predicted octanol–water partition coefficient (Wildman–Crippen LogP) is 6.24. The SMILES string of the molecule is Cc1ccc(C(=O)Nc2cccc(SC3=C(Nc4ccccc4)C(=O)N(c4ccccc4)C3=O)c2)cc1. The van der Waals surface area contributed by atoms with Crippen molar-refractivity contribution >= 4 is 46.5 Å². The Hall–Kier alpha value is -4.62. The van der Waals surface area contributed by atoms with E-state index in [4.69, 9.17) is 0 Å². The van der Waals surface area contributed by atoms with Crippen molar-refractivity contribution in [2.45, 2.75) is 11.8 Å². The molecule has 0 saturated carbocycles. The van der Waals surface area contributed by atoms with Crippen LogP contribution in [0.3, 0.4) is 0 Å². The molecule has 1 aliphatic heterocycles. The Bertz CT molecular complexity index is 1500. The van der Waals surface area contributed by atoms with E-state index in [0.717, 1.165) is 5.56 Å². The van der Waals surface area contributed by atoms with Gasteiger partial charge < -0.3 is 10.6 Å². The second kappa shape index (κ2) is 10.6. The molecule has 0 saturated heterocycles. The van der Waals surface area contributed by atoms with Gasteiger partial charge in [-0.05, 0) is 61.5 Å². The third-order valence-electron chi connectivity index (χ3n) is 5.72. The number of nitrogens with one attached hydrogen (secondary N) is 2. The Morgan fingerprint density at radius 3 is 2.08 bits per heavy atom. The number of nitrogens with zero attached hydrogens (tertiary/aromatic N) is 1. The van der Waals surface area contributed by atoms with Crippen molar-refractivity contribution in [1.82, 2.24) is 0 Å². The Morgan fingerprint density at radius 1 is 0.730 bits per heavy atom. The number of para-hydroxylation sites is 2. The normalized spacial score (nSPS) is 13.2. The molecule has 0 bridgehead atoms. The summed E-state index contributed by atoms with van der Waals surface area (Å²) in [4.78, 5) is 41.8. The molecule has 4 aromatic rings. The van der Waals surface area contributed by atoms with E-state index in [1.54, 1.807) is 54.6 Å². The minimum atomic E-state index is -0.425. The highest BCUT2D eigenvalue weighted by Gasteiger charge is 2.40. The first kappa shape index (κ1) is 24.1. The van der Waals surface area contributed by atoms with Crippen LogP contribution < -0.4 is 15.5 Å². The number of hydrogen-bond donors (Lipinski definition) is 2. The molecule has 0 spiro atoms. The van der Waals surface area contributed by atoms with Crippen molar-refractivity contribution in [2.75, 3.05) is 15.5 Å². The molecule has 7 heteroatoms. The summed E-state index contributed by atoms with van der Waals surface area (Å²) in [5, 5.41) is 6.04. The lowest BCUT2D eigenvalue weighted by atomic mass is 10.1. The summed E-state index contributed by atoms with van der Waals surface area (Å²) >= 11 is 1.18. The summed E-state index contributed by atoms with van der Waals surface area (Å²) in [6.07, 6.45) is 0. The second-order valence-corrected chi connectivity index (χ2v) is 9.51. The summed E-state index contributed by atoms with van der Waals surface area (Å²) < 4.78 is 0. The standard InChI is InChI=1S/C30H23N3O3S/c1-20-15-17-21(18-16-20)28(34)32-23-11-8-14-25(19-23)37-27-26(31-22-9-4-2-5-10-22)29(35)33(30(27)36)24-12-6-3-7-13-24/h2-19,31H,1H3,(H,32,34). The van der Waals surface area contributed by atoms with E-state index in [1.165, 1.54) is 16.7 Å². The molecule has 37 heavy (non-hydrogen) atoms. The fraction of sp³-hybridized carbons (Fsp3) is 0.0333. The van der Waals surface area contributed by atoms with Crippen LogP contribution in [0.5, 0.6) is 0 Å². The van der Waals surface area contributed by atoms with Gasteiger partial charge in [-0.25, -0.2) is 4.90 Å². The van der Waals surface area contributed by atoms with E-state index in [0.29, 0.717) is 27.5 Å². The molecule has 3 amide bonds. The number of benzene rings is 4. The fourth-order valence-electron chi connectivity index (χ4n) is 3.86. The molecule has 0 unspecified atom stereocenters. The maximum atomic E-state index is 13.5. The van der Waals surface area contributed by atoms with Crippen LogP contribution in [0.25, 0.3) is 0 Å². The Morgan fingerprint density at radius 2 is 1.38 bits per heavy atom. The molecule has 1 heterocycles. The van der Waals surface area contributed by atoms with E-state index in [1.807, 2.05) is 61.5 Å². The van der Waals surface area contributed by atoms with Gasteiger partial charge in [0.05, 0.1) is 5.69 Å². The lowest BCUT2D eigenvalue weighted by Gasteiger charge is -2.15. The highest BCUT2D eigenvalue weighted by Crippen LogP contribution is 2.38. The monoisotopic (exact) mass is 505 g/mol. The van der Waals surface area contributed by atoms with E-state index < -0.39 is 11.8 Å². The van der Waals surface area contributed by atoms with Gasteiger partial charge in [-0.1, -0.05) is 71.9 Å². The first-order valence-corrected chi connectivity index (χ1v) is 12.5. The minimum Gasteiger partial charge on any atom is -0.350 e. The predicted molar refractivity (Wildman–Crippen MR) is 147 cm³/mol. The number of imide groups is 1. The molecule has 0 aromatic heterocycles. The van der Waals surface area contributed by atoms with E-state index in [-0.39, 0.29) is 16.5 Å². The number of hydrogen-bond acceptors (Lipinski definition) is 5. The van der Waals surface area contributed by atoms with Crippen LogP contribution in [-0.2, 0) is 9.59 Å². The molecule has 0 atom stereocenters. The number of thioether (sulfide) groups is 1. The Labute approximate surface area is 219 Å². The average molecular weight is 506 g/mol. The number of amides is 3. The highest BCUT2D eigenvalue weighted by molar-refractivity contribution is 8.04. The topological polar surface area (TPSA) is 78.5 Å². The van der Waals surface area contributed by atoms with Gasteiger partial charge in [0.1, 0.15) is 10.6 Å². The lowest BCUT2D eigenvalue weighted by molar-refractivity contribution is -0.120. The summed E-state index contributed by atoms with van der Waals surface area (Å²) in [5.41, 5.74) is 3.62. The molecular formula is C30H23N3O3S. The molecule has 6 nitrogen and oxygen atoms in total. The van der Waals surface area contributed by atoms with E-state index in [2.05, 4.69) is 10.6 Å². The summed E-state index contributed by atoms with van der Waals surface area (Å²) in [6.45, 7) is 1.96. The number of carbonyl (C=O) groups is 3. The van der Waals surface area contributed by atoms with E-state index >= 15 is 0 Å². The number of rotatable bonds is 7. The van der Waals surface area contributed by atoms with E-state index in [9.17, 15) is 14.4 Å². The van der Waals surface area contributed by atoms with Gasteiger partial charge in [0.25, 0.3) is 17.7 Å². The van der Waals surface area contributed by atoms with Crippen molar-refractivity contribution in [3.8, 4) is 0 Å². The first-order valence-electron chi connectivity index (χ1n) is 11.7. The maximum Gasteiger partial charge on any atom is 0.283 e. The van der Waals surface area contributed by atoms with Gasteiger partial charge in [0.2, 0.25) is 0 Å². The zero-order chi connectivity index (χ0) is 25.8. The van der Waals surface area contributed by atoms with Crippen LogP contribution >= 0.6 is 11.8 Å². The van der Waals surface area contributed by atoms with Crippen LogP contribution in [0.2, 0.25) is 0 Å². The van der Waals surface area contributed by atoms with Gasteiger partial charge in [-0.2, -0.15) is 0 Å². The molecule has 1 aliphatic rings. The summed E-state index contributed by atoms with van der Waals surface area (Å²) in [7, 11) is 0. The molecule has 4 aromatic carbocycles. The minimum absolute atomic E-state index is 0.208. The van der Waals surface area contributed by atoms with Crippen LogP contribution in [0, 0.1) is 6.92 Å². The third kappa shape index (κ3) is 5.32. The van der Waals surface area contributed by atoms with Gasteiger partial charge in [0, 0.05) is 21.8 Å². The molecule has 0 aliphatic carbocycles. The van der Waals surface area contributed by atoms with Gasteiger partial charge in [-0.15, -0.1) is 0 Å². The average Bonchev–Trinajstić information content (AvgIpc) is 3.14. The lowest BCUT2D eigenvalue weighted by Crippen LogP contribution is -2.32. The molecule has 5 rings (SSSR count). The number of carbonyl (C=O) groups excluding carboxylic acids is 3.